The number of carbonyl (C=O) groups excluding carboxylic acids is 1. The Labute approximate surface area is 154 Å². The van der Waals surface area contributed by atoms with E-state index in [0.717, 1.165) is 10.3 Å². The first-order chi connectivity index (χ1) is 12.7. The summed E-state index contributed by atoms with van der Waals surface area (Å²) in [5, 5.41) is 4.16. The van der Waals surface area contributed by atoms with Crippen molar-refractivity contribution in [2.24, 2.45) is 0 Å². The number of hydrogen-bond donors (Lipinski definition) is 1. The zero-order valence-corrected chi connectivity index (χ0v) is 14.6. The van der Waals surface area contributed by atoms with Gasteiger partial charge in [0.25, 0.3) is 5.91 Å². The Bertz CT molecular complexity index is 1140. The van der Waals surface area contributed by atoms with E-state index in [4.69, 9.17) is 0 Å². The van der Waals surface area contributed by atoms with Gasteiger partial charge in [-0.3, -0.25) is 9.59 Å². The fourth-order valence-electron chi connectivity index (χ4n) is 2.86. The molecular weight excluding hydrogens is 342 g/mol. The van der Waals surface area contributed by atoms with Gasteiger partial charge in [-0.25, -0.2) is 0 Å². The minimum Gasteiger partial charge on any atom is -0.313 e. The summed E-state index contributed by atoms with van der Waals surface area (Å²) in [4.78, 5) is 25.8. The van der Waals surface area contributed by atoms with Gasteiger partial charge >= 0.3 is 0 Å². The highest BCUT2D eigenvalue weighted by atomic mass is 32.1. The molecule has 0 saturated carbocycles. The average Bonchev–Trinajstić information content (AvgIpc) is 2.69. The average molecular weight is 357 g/mol. The summed E-state index contributed by atoms with van der Waals surface area (Å²) in [6.45, 7) is 0. The van der Waals surface area contributed by atoms with Crippen molar-refractivity contribution in [3.8, 4) is 11.1 Å². The summed E-state index contributed by atoms with van der Waals surface area (Å²) in [5.74, 6) is -0.228. The lowest BCUT2D eigenvalue weighted by atomic mass is 10.1. The van der Waals surface area contributed by atoms with Crippen LogP contribution in [-0.4, -0.2) is 5.91 Å². The van der Waals surface area contributed by atoms with Crippen molar-refractivity contribution in [2.45, 2.75) is 0 Å². The Morgan fingerprint density at radius 1 is 0.769 bits per heavy atom. The number of amides is 1. The van der Waals surface area contributed by atoms with Crippen LogP contribution in [0, 0.1) is 0 Å². The SMILES string of the molecule is O=C(Nc1sc2ccccc2c(=O)c1-c1ccccc1)c1ccccc1. The molecule has 0 unspecified atom stereocenters. The van der Waals surface area contributed by atoms with Crippen LogP contribution in [0.25, 0.3) is 21.2 Å². The summed E-state index contributed by atoms with van der Waals surface area (Å²) in [6, 6.07) is 25.9. The van der Waals surface area contributed by atoms with Gasteiger partial charge in [-0.15, -0.1) is 11.3 Å². The zero-order valence-electron chi connectivity index (χ0n) is 13.8. The van der Waals surface area contributed by atoms with Crippen LogP contribution in [0.1, 0.15) is 10.4 Å². The van der Waals surface area contributed by atoms with E-state index in [-0.39, 0.29) is 11.3 Å². The van der Waals surface area contributed by atoms with Crippen LogP contribution in [0.2, 0.25) is 0 Å². The van der Waals surface area contributed by atoms with Crippen molar-refractivity contribution in [3.63, 3.8) is 0 Å². The molecule has 1 aromatic heterocycles. The fraction of sp³-hybridized carbons (Fsp3) is 0. The number of nitrogens with one attached hydrogen (secondary N) is 1. The Morgan fingerprint density at radius 2 is 1.38 bits per heavy atom. The molecule has 126 valence electrons. The van der Waals surface area contributed by atoms with E-state index in [2.05, 4.69) is 5.32 Å². The van der Waals surface area contributed by atoms with Crippen molar-refractivity contribution >= 4 is 32.3 Å². The first-order valence-corrected chi connectivity index (χ1v) is 9.03. The van der Waals surface area contributed by atoms with Gasteiger partial charge in [-0.1, -0.05) is 60.7 Å². The van der Waals surface area contributed by atoms with Crippen LogP contribution in [-0.2, 0) is 0 Å². The second-order valence-electron chi connectivity index (χ2n) is 5.82. The number of benzene rings is 3. The molecule has 0 fully saturated rings. The molecule has 0 aliphatic carbocycles. The molecule has 3 nitrogen and oxygen atoms in total. The zero-order chi connectivity index (χ0) is 17.9. The minimum absolute atomic E-state index is 0.0751. The maximum absolute atomic E-state index is 13.1. The van der Waals surface area contributed by atoms with E-state index in [0.29, 0.717) is 21.5 Å². The normalized spacial score (nSPS) is 10.6. The largest absolute Gasteiger partial charge is 0.313 e. The van der Waals surface area contributed by atoms with Gasteiger partial charge in [-0.2, -0.15) is 0 Å². The number of fused-ring (bicyclic) bond motifs is 1. The topological polar surface area (TPSA) is 46.2 Å². The van der Waals surface area contributed by atoms with Gasteiger partial charge < -0.3 is 5.32 Å². The molecule has 26 heavy (non-hydrogen) atoms. The van der Waals surface area contributed by atoms with E-state index in [1.165, 1.54) is 11.3 Å². The molecule has 0 atom stereocenters. The van der Waals surface area contributed by atoms with Crippen LogP contribution in [0.15, 0.2) is 89.7 Å². The minimum atomic E-state index is -0.228. The van der Waals surface area contributed by atoms with Crippen molar-refractivity contribution < 1.29 is 4.79 Å². The summed E-state index contributed by atoms with van der Waals surface area (Å²) in [6.07, 6.45) is 0. The highest BCUT2D eigenvalue weighted by molar-refractivity contribution is 7.22. The molecule has 0 aliphatic rings. The molecule has 1 N–H and O–H groups in total. The molecule has 0 aliphatic heterocycles. The van der Waals surface area contributed by atoms with Gasteiger partial charge in [0, 0.05) is 15.6 Å². The lowest BCUT2D eigenvalue weighted by molar-refractivity contribution is 0.102. The quantitative estimate of drug-likeness (QED) is 0.549. The molecule has 0 bridgehead atoms. The molecular formula is C22H15NO2S. The number of carbonyl (C=O) groups is 1. The van der Waals surface area contributed by atoms with Crippen LogP contribution < -0.4 is 10.7 Å². The van der Waals surface area contributed by atoms with Gasteiger partial charge in [0.05, 0.1) is 5.56 Å². The van der Waals surface area contributed by atoms with E-state index in [9.17, 15) is 9.59 Å². The van der Waals surface area contributed by atoms with E-state index in [1.54, 1.807) is 12.1 Å². The molecule has 4 aromatic rings. The van der Waals surface area contributed by atoms with Crippen molar-refractivity contribution in [1.82, 2.24) is 0 Å². The molecule has 1 amide bonds. The van der Waals surface area contributed by atoms with Crippen LogP contribution in [0.3, 0.4) is 0 Å². The standard InChI is InChI=1S/C22H15NO2S/c24-20-17-13-7-8-14-18(17)26-22(19(20)15-9-3-1-4-10-15)23-21(25)16-11-5-2-6-12-16/h1-14H,(H,23,25). The second-order valence-corrected chi connectivity index (χ2v) is 6.87. The summed E-state index contributed by atoms with van der Waals surface area (Å²) in [7, 11) is 0. The summed E-state index contributed by atoms with van der Waals surface area (Å²) < 4.78 is 0.848. The third kappa shape index (κ3) is 3.03. The number of anilines is 1. The van der Waals surface area contributed by atoms with Crippen LogP contribution in [0.4, 0.5) is 5.00 Å². The number of hydrogen-bond acceptors (Lipinski definition) is 3. The lowest BCUT2D eigenvalue weighted by Crippen LogP contribution is -2.15. The molecule has 1 heterocycles. The summed E-state index contributed by atoms with van der Waals surface area (Å²) >= 11 is 1.41. The smallest absolute Gasteiger partial charge is 0.256 e. The van der Waals surface area contributed by atoms with Crippen molar-refractivity contribution in [3.05, 3.63) is 101 Å². The number of rotatable bonds is 3. The molecule has 0 spiro atoms. The third-order valence-electron chi connectivity index (χ3n) is 4.12. The van der Waals surface area contributed by atoms with E-state index >= 15 is 0 Å². The maximum atomic E-state index is 13.1. The Hall–Kier alpha value is -3.24. The van der Waals surface area contributed by atoms with Gasteiger partial charge in [0.1, 0.15) is 5.00 Å². The molecule has 0 radical (unpaired) electrons. The first kappa shape index (κ1) is 16.2. The van der Waals surface area contributed by atoms with E-state index in [1.807, 2.05) is 72.8 Å². The lowest BCUT2D eigenvalue weighted by Gasteiger charge is -2.12. The Morgan fingerprint density at radius 3 is 2.12 bits per heavy atom. The Balaban J connectivity index is 1.90. The van der Waals surface area contributed by atoms with Gasteiger partial charge in [0.15, 0.2) is 5.43 Å². The van der Waals surface area contributed by atoms with Crippen molar-refractivity contribution in [2.75, 3.05) is 5.32 Å². The molecule has 0 saturated heterocycles. The molecule has 4 heteroatoms. The highest BCUT2D eigenvalue weighted by Gasteiger charge is 2.16. The highest BCUT2D eigenvalue weighted by Crippen LogP contribution is 2.33. The van der Waals surface area contributed by atoms with E-state index < -0.39 is 0 Å². The first-order valence-electron chi connectivity index (χ1n) is 8.22. The molecule has 4 rings (SSSR count). The van der Waals surface area contributed by atoms with Crippen LogP contribution in [0.5, 0.6) is 0 Å². The predicted molar refractivity (Wildman–Crippen MR) is 108 cm³/mol. The van der Waals surface area contributed by atoms with Crippen LogP contribution >= 0.6 is 11.3 Å². The van der Waals surface area contributed by atoms with Gasteiger partial charge in [-0.05, 0) is 29.8 Å². The monoisotopic (exact) mass is 357 g/mol. The van der Waals surface area contributed by atoms with Crippen molar-refractivity contribution in [1.29, 1.82) is 0 Å². The predicted octanol–water partition coefficient (Wildman–Crippen LogP) is 5.18. The summed E-state index contributed by atoms with van der Waals surface area (Å²) in [5.41, 5.74) is 1.80. The third-order valence-corrected chi connectivity index (χ3v) is 5.21. The second kappa shape index (κ2) is 6.94. The fourth-order valence-corrected chi connectivity index (χ4v) is 3.96. The van der Waals surface area contributed by atoms with Gasteiger partial charge in [0.2, 0.25) is 0 Å². The Kier molecular flexibility index (Phi) is 4.33. The molecule has 3 aromatic carbocycles. The maximum Gasteiger partial charge on any atom is 0.256 e.